The van der Waals surface area contributed by atoms with Gasteiger partial charge in [-0.2, -0.15) is 0 Å². The SMILES string of the molecule is C#CC(Cc1csc(C)n1)NCC. The highest BCUT2D eigenvalue weighted by Crippen LogP contribution is 2.09. The monoisotopic (exact) mass is 194 g/mol. The number of hydrogen-bond acceptors (Lipinski definition) is 3. The van der Waals surface area contributed by atoms with Crippen molar-refractivity contribution in [2.24, 2.45) is 0 Å². The first-order chi connectivity index (χ1) is 6.26. The maximum atomic E-state index is 5.38. The summed E-state index contributed by atoms with van der Waals surface area (Å²) in [6.45, 7) is 4.96. The number of rotatable bonds is 4. The van der Waals surface area contributed by atoms with Crippen LogP contribution in [-0.4, -0.2) is 17.6 Å². The molecule has 1 unspecified atom stereocenters. The summed E-state index contributed by atoms with van der Waals surface area (Å²) >= 11 is 1.67. The van der Waals surface area contributed by atoms with Crippen molar-refractivity contribution in [1.82, 2.24) is 10.3 Å². The van der Waals surface area contributed by atoms with Gasteiger partial charge < -0.3 is 5.32 Å². The highest BCUT2D eigenvalue weighted by Gasteiger charge is 2.06. The minimum atomic E-state index is 0.117. The fourth-order valence-corrected chi connectivity index (χ4v) is 1.77. The van der Waals surface area contributed by atoms with Gasteiger partial charge in [0.1, 0.15) is 0 Å². The van der Waals surface area contributed by atoms with Crippen LogP contribution in [0.25, 0.3) is 0 Å². The smallest absolute Gasteiger partial charge is 0.0897 e. The Morgan fingerprint density at radius 3 is 3.00 bits per heavy atom. The van der Waals surface area contributed by atoms with Gasteiger partial charge in [0.15, 0.2) is 0 Å². The summed E-state index contributed by atoms with van der Waals surface area (Å²) in [6, 6.07) is 0.117. The first-order valence-electron chi connectivity index (χ1n) is 4.36. The first kappa shape index (κ1) is 10.2. The molecule has 0 bridgehead atoms. The second-order valence-corrected chi connectivity index (χ2v) is 3.90. The lowest BCUT2D eigenvalue weighted by atomic mass is 10.2. The van der Waals surface area contributed by atoms with Crippen molar-refractivity contribution < 1.29 is 0 Å². The van der Waals surface area contributed by atoms with E-state index in [4.69, 9.17) is 6.42 Å². The van der Waals surface area contributed by atoms with Crippen molar-refractivity contribution in [3.05, 3.63) is 16.1 Å². The van der Waals surface area contributed by atoms with Gasteiger partial charge in [-0.25, -0.2) is 4.98 Å². The van der Waals surface area contributed by atoms with E-state index in [0.717, 1.165) is 23.7 Å². The minimum absolute atomic E-state index is 0.117. The molecule has 1 aromatic heterocycles. The van der Waals surface area contributed by atoms with Crippen LogP contribution in [0.5, 0.6) is 0 Å². The molecule has 0 amide bonds. The molecular formula is C10H14N2S. The molecule has 2 nitrogen and oxygen atoms in total. The number of nitrogens with one attached hydrogen (secondary N) is 1. The molecule has 0 aliphatic carbocycles. The maximum Gasteiger partial charge on any atom is 0.0897 e. The van der Waals surface area contributed by atoms with E-state index in [1.54, 1.807) is 11.3 Å². The van der Waals surface area contributed by atoms with Crippen LogP contribution >= 0.6 is 11.3 Å². The zero-order valence-electron chi connectivity index (χ0n) is 8.00. The average Bonchev–Trinajstić information content (AvgIpc) is 2.50. The molecule has 1 atom stereocenters. The van der Waals surface area contributed by atoms with E-state index < -0.39 is 0 Å². The number of aromatic nitrogens is 1. The Hall–Kier alpha value is -0.850. The van der Waals surface area contributed by atoms with E-state index >= 15 is 0 Å². The normalized spacial score (nSPS) is 12.4. The van der Waals surface area contributed by atoms with E-state index in [-0.39, 0.29) is 6.04 Å². The molecule has 0 aliphatic heterocycles. The summed E-state index contributed by atoms with van der Waals surface area (Å²) in [5.41, 5.74) is 1.09. The van der Waals surface area contributed by atoms with Crippen molar-refractivity contribution in [3.8, 4) is 12.3 Å². The van der Waals surface area contributed by atoms with E-state index in [1.165, 1.54) is 0 Å². The van der Waals surface area contributed by atoms with E-state index in [0.29, 0.717) is 0 Å². The molecule has 70 valence electrons. The Morgan fingerprint density at radius 2 is 2.54 bits per heavy atom. The number of likely N-dealkylation sites (N-methyl/N-ethyl adjacent to an activating group) is 1. The lowest BCUT2D eigenvalue weighted by molar-refractivity contribution is 0.622. The number of hydrogen-bond donors (Lipinski definition) is 1. The molecule has 0 aliphatic rings. The summed E-state index contributed by atoms with van der Waals surface area (Å²) in [5.74, 6) is 2.71. The molecule has 13 heavy (non-hydrogen) atoms. The van der Waals surface area contributed by atoms with Gasteiger partial charge in [-0.1, -0.05) is 12.8 Å². The summed E-state index contributed by atoms with van der Waals surface area (Å²) < 4.78 is 0. The van der Waals surface area contributed by atoms with E-state index in [2.05, 4.69) is 28.5 Å². The van der Waals surface area contributed by atoms with Gasteiger partial charge in [-0.05, 0) is 13.5 Å². The largest absolute Gasteiger partial charge is 0.304 e. The predicted octanol–water partition coefficient (Wildman–Crippen LogP) is 1.61. The van der Waals surface area contributed by atoms with Crippen LogP contribution in [0.3, 0.4) is 0 Å². The predicted molar refractivity (Wildman–Crippen MR) is 56.9 cm³/mol. The number of terminal acetylenes is 1. The molecule has 0 saturated heterocycles. The van der Waals surface area contributed by atoms with Gasteiger partial charge in [0.25, 0.3) is 0 Å². The molecule has 1 N–H and O–H groups in total. The fourth-order valence-electron chi connectivity index (χ4n) is 1.15. The molecular weight excluding hydrogens is 180 g/mol. The Bertz CT molecular complexity index is 298. The second-order valence-electron chi connectivity index (χ2n) is 2.84. The molecule has 0 fully saturated rings. The third-order valence-corrected chi connectivity index (χ3v) is 2.55. The van der Waals surface area contributed by atoms with Crippen LogP contribution in [0, 0.1) is 19.3 Å². The topological polar surface area (TPSA) is 24.9 Å². The summed E-state index contributed by atoms with van der Waals surface area (Å²) in [5, 5.41) is 6.38. The van der Waals surface area contributed by atoms with Crippen molar-refractivity contribution in [3.63, 3.8) is 0 Å². The Labute approximate surface area is 83.4 Å². The van der Waals surface area contributed by atoms with Crippen LogP contribution in [0.2, 0.25) is 0 Å². The first-order valence-corrected chi connectivity index (χ1v) is 5.24. The summed E-state index contributed by atoms with van der Waals surface area (Å²) in [7, 11) is 0. The fraction of sp³-hybridized carbons (Fsp3) is 0.500. The van der Waals surface area contributed by atoms with Crippen LogP contribution < -0.4 is 5.32 Å². The van der Waals surface area contributed by atoms with Gasteiger partial charge >= 0.3 is 0 Å². The summed E-state index contributed by atoms with van der Waals surface area (Å²) in [4.78, 5) is 4.36. The van der Waals surface area contributed by atoms with Gasteiger partial charge in [0, 0.05) is 11.8 Å². The molecule has 0 spiro atoms. The molecule has 1 aromatic rings. The second kappa shape index (κ2) is 5.00. The van der Waals surface area contributed by atoms with Crippen LogP contribution in [-0.2, 0) is 6.42 Å². The Morgan fingerprint density at radius 1 is 1.77 bits per heavy atom. The van der Waals surface area contributed by atoms with Crippen molar-refractivity contribution >= 4 is 11.3 Å². The van der Waals surface area contributed by atoms with Crippen molar-refractivity contribution in [2.75, 3.05) is 6.54 Å². The molecule has 1 rings (SSSR count). The highest BCUT2D eigenvalue weighted by molar-refractivity contribution is 7.09. The third kappa shape index (κ3) is 3.17. The lowest BCUT2D eigenvalue weighted by Crippen LogP contribution is -2.29. The molecule has 0 radical (unpaired) electrons. The van der Waals surface area contributed by atoms with Gasteiger partial charge in [0.05, 0.1) is 16.7 Å². The maximum absolute atomic E-state index is 5.38. The van der Waals surface area contributed by atoms with Crippen LogP contribution in [0.15, 0.2) is 5.38 Å². The number of nitrogens with zero attached hydrogens (tertiary/aromatic N) is 1. The van der Waals surface area contributed by atoms with Crippen molar-refractivity contribution in [2.45, 2.75) is 26.3 Å². The van der Waals surface area contributed by atoms with Crippen LogP contribution in [0.4, 0.5) is 0 Å². The minimum Gasteiger partial charge on any atom is -0.304 e. The van der Waals surface area contributed by atoms with Gasteiger partial charge in [-0.3, -0.25) is 0 Å². The molecule has 3 heteroatoms. The van der Waals surface area contributed by atoms with Gasteiger partial charge in [0.2, 0.25) is 0 Å². The van der Waals surface area contributed by atoms with Gasteiger partial charge in [-0.15, -0.1) is 17.8 Å². The molecule has 1 heterocycles. The number of aryl methyl sites for hydroxylation is 1. The highest BCUT2D eigenvalue weighted by atomic mass is 32.1. The van der Waals surface area contributed by atoms with Crippen LogP contribution in [0.1, 0.15) is 17.6 Å². The zero-order valence-corrected chi connectivity index (χ0v) is 8.82. The quantitative estimate of drug-likeness (QED) is 0.737. The Balaban J connectivity index is 2.52. The third-order valence-electron chi connectivity index (χ3n) is 1.73. The standard InChI is InChI=1S/C10H14N2S/c1-4-9(11-5-2)6-10-7-13-8(3)12-10/h1,7,9,11H,5-6H2,2-3H3. The van der Waals surface area contributed by atoms with Crippen molar-refractivity contribution in [1.29, 1.82) is 0 Å². The number of thiazole rings is 1. The molecule has 0 aromatic carbocycles. The lowest BCUT2D eigenvalue weighted by Gasteiger charge is -2.08. The van der Waals surface area contributed by atoms with E-state index in [1.807, 2.05) is 6.92 Å². The van der Waals surface area contributed by atoms with E-state index in [9.17, 15) is 0 Å². The Kier molecular flexibility index (Phi) is 3.94. The molecule has 0 saturated carbocycles. The average molecular weight is 194 g/mol. The zero-order chi connectivity index (χ0) is 9.68. The summed E-state index contributed by atoms with van der Waals surface area (Å²) in [6.07, 6.45) is 6.20.